The van der Waals surface area contributed by atoms with Crippen LogP contribution in [0.2, 0.25) is 0 Å². The van der Waals surface area contributed by atoms with Crippen molar-refractivity contribution in [2.75, 3.05) is 7.11 Å². The molecule has 6 heteroatoms. The van der Waals surface area contributed by atoms with Gasteiger partial charge in [-0.1, -0.05) is 30.4 Å². The molecule has 3 rings (SSSR count). The first kappa shape index (κ1) is 18.8. The molecular formula is C21H20N2O3S. The summed E-state index contributed by atoms with van der Waals surface area (Å²) in [6, 6.07) is 12.6. The van der Waals surface area contributed by atoms with E-state index in [0.717, 1.165) is 16.6 Å². The summed E-state index contributed by atoms with van der Waals surface area (Å²) < 4.78 is 7.74. The maximum Gasteiger partial charge on any atom is 0.337 e. The third kappa shape index (κ3) is 3.90. The predicted molar refractivity (Wildman–Crippen MR) is 107 cm³/mol. The first-order chi connectivity index (χ1) is 13.1. The molecule has 1 aromatic heterocycles. The normalized spacial score (nSPS) is 11.6. The molecule has 0 fully saturated rings. The van der Waals surface area contributed by atoms with Gasteiger partial charge in [-0.25, -0.2) is 4.79 Å². The number of aromatic nitrogens is 1. The Kier molecular flexibility index (Phi) is 5.66. The van der Waals surface area contributed by atoms with E-state index in [1.165, 1.54) is 24.0 Å². The second-order valence-electron chi connectivity index (χ2n) is 5.93. The molecule has 0 spiro atoms. The topological polar surface area (TPSA) is 60.7 Å². The number of hydrogen-bond acceptors (Lipinski definition) is 4. The minimum atomic E-state index is -0.439. The van der Waals surface area contributed by atoms with Crippen LogP contribution in [-0.2, 0) is 17.7 Å². The lowest BCUT2D eigenvalue weighted by Crippen LogP contribution is -2.16. The Bertz CT molecular complexity index is 1070. The second kappa shape index (κ2) is 8.14. The SMILES string of the molecule is C=CCn1c(=NC(=O)c2ccc(C(=O)OC)cc2)sc2cc(CC)ccc21. The molecule has 0 atom stereocenters. The smallest absolute Gasteiger partial charge is 0.337 e. The number of allylic oxidation sites excluding steroid dienone is 1. The monoisotopic (exact) mass is 380 g/mol. The number of aryl methyl sites for hydroxylation is 1. The number of fused-ring (bicyclic) bond motifs is 1. The van der Waals surface area contributed by atoms with Crippen LogP contribution in [0.15, 0.2) is 60.1 Å². The van der Waals surface area contributed by atoms with Crippen molar-refractivity contribution in [1.82, 2.24) is 4.57 Å². The second-order valence-corrected chi connectivity index (χ2v) is 6.93. The van der Waals surface area contributed by atoms with Gasteiger partial charge in [0.05, 0.1) is 22.9 Å². The maximum atomic E-state index is 12.6. The summed E-state index contributed by atoms with van der Waals surface area (Å²) in [5.41, 5.74) is 3.08. The molecule has 0 aliphatic heterocycles. The summed E-state index contributed by atoms with van der Waals surface area (Å²) in [6.07, 6.45) is 2.74. The van der Waals surface area contributed by atoms with Crippen LogP contribution in [-0.4, -0.2) is 23.6 Å². The number of benzene rings is 2. The van der Waals surface area contributed by atoms with Crippen molar-refractivity contribution in [3.8, 4) is 0 Å². The molecular weight excluding hydrogens is 360 g/mol. The summed E-state index contributed by atoms with van der Waals surface area (Å²) in [5.74, 6) is -0.794. The van der Waals surface area contributed by atoms with Crippen LogP contribution in [0.3, 0.4) is 0 Å². The van der Waals surface area contributed by atoms with Crippen LogP contribution in [0.5, 0.6) is 0 Å². The third-order valence-electron chi connectivity index (χ3n) is 4.22. The fraction of sp³-hybridized carbons (Fsp3) is 0.190. The van der Waals surface area contributed by atoms with Gasteiger partial charge in [0.2, 0.25) is 0 Å². The molecule has 5 nitrogen and oxygen atoms in total. The molecule has 0 N–H and O–H groups in total. The van der Waals surface area contributed by atoms with Crippen molar-refractivity contribution in [2.24, 2.45) is 4.99 Å². The van der Waals surface area contributed by atoms with Gasteiger partial charge in [-0.3, -0.25) is 4.79 Å². The van der Waals surface area contributed by atoms with Gasteiger partial charge in [0.25, 0.3) is 5.91 Å². The van der Waals surface area contributed by atoms with E-state index in [9.17, 15) is 9.59 Å². The van der Waals surface area contributed by atoms with Crippen LogP contribution in [0, 0.1) is 0 Å². The molecule has 27 heavy (non-hydrogen) atoms. The number of carbonyl (C=O) groups excluding carboxylic acids is 2. The zero-order valence-electron chi connectivity index (χ0n) is 15.3. The fourth-order valence-corrected chi connectivity index (χ4v) is 3.85. The first-order valence-electron chi connectivity index (χ1n) is 8.58. The molecule has 3 aromatic rings. The minimum Gasteiger partial charge on any atom is -0.465 e. The van der Waals surface area contributed by atoms with Crippen LogP contribution < -0.4 is 4.80 Å². The van der Waals surface area contributed by atoms with Crippen molar-refractivity contribution in [3.05, 3.63) is 76.6 Å². The van der Waals surface area contributed by atoms with E-state index in [1.807, 2.05) is 4.57 Å². The number of amides is 1. The third-order valence-corrected chi connectivity index (χ3v) is 5.26. The Hall–Kier alpha value is -2.99. The average molecular weight is 380 g/mol. The number of ether oxygens (including phenoxy) is 1. The van der Waals surface area contributed by atoms with Gasteiger partial charge in [0, 0.05) is 12.1 Å². The molecule has 0 saturated heterocycles. The van der Waals surface area contributed by atoms with Gasteiger partial charge in [-0.05, 0) is 48.4 Å². The Balaban J connectivity index is 2.03. The molecule has 1 heterocycles. The highest BCUT2D eigenvalue weighted by molar-refractivity contribution is 7.16. The first-order valence-corrected chi connectivity index (χ1v) is 9.39. The van der Waals surface area contributed by atoms with Crippen molar-refractivity contribution in [3.63, 3.8) is 0 Å². The number of hydrogen-bond donors (Lipinski definition) is 0. The van der Waals surface area contributed by atoms with Gasteiger partial charge in [0.15, 0.2) is 4.80 Å². The van der Waals surface area contributed by atoms with Gasteiger partial charge in [-0.15, -0.1) is 6.58 Å². The number of esters is 1. The number of nitrogens with zero attached hydrogens (tertiary/aromatic N) is 2. The highest BCUT2D eigenvalue weighted by atomic mass is 32.1. The predicted octanol–water partition coefficient (Wildman–Crippen LogP) is 3.98. The molecule has 138 valence electrons. The van der Waals surface area contributed by atoms with Crippen LogP contribution in [0.1, 0.15) is 33.2 Å². The highest BCUT2D eigenvalue weighted by Crippen LogP contribution is 2.20. The molecule has 0 radical (unpaired) electrons. The van der Waals surface area contributed by atoms with Gasteiger partial charge in [-0.2, -0.15) is 4.99 Å². The zero-order chi connectivity index (χ0) is 19.4. The largest absolute Gasteiger partial charge is 0.465 e. The number of methoxy groups -OCH3 is 1. The molecule has 1 amide bonds. The summed E-state index contributed by atoms with van der Waals surface area (Å²) in [6.45, 7) is 6.48. The summed E-state index contributed by atoms with van der Waals surface area (Å²) in [4.78, 5) is 29.1. The standard InChI is InChI=1S/C21H20N2O3S/c1-4-12-23-17-11-6-14(5-2)13-18(17)27-21(23)22-19(24)15-7-9-16(10-8-15)20(25)26-3/h4,6-11,13H,1,5,12H2,2-3H3. The van der Waals surface area contributed by atoms with Gasteiger partial charge < -0.3 is 9.30 Å². The van der Waals surface area contributed by atoms with Crippen molar-refractivity contribution in [2.45, 2.75) is 19.9 Å². The molecule has 0 bridgehead atoms. The molecule has 0 aliphatic rings. The molecule has 0 unspecified atom stereocenters. The minimum absolute atomic E-state index is 0.355. The number of rotatable bonds is 5. The fourth-order valence-electron chi connectivity index (χ4n) is 2.75. The van der Waals surface area contributed by atoms with Crippen LogP contribution in [0.4, 0.5) is 0 Å². The van der Waals surface area contributed by atoms with Crippen molar-refractivity contribution in [1.29, 1.82) is 0 Å². The van der Waals surface area contributed by atoms with E-state index < -0.39 is 5.97 Å². The summed E-state index contributed by atoms with van der Waals surface area (Å²) in [5, 5.41) is 0. The molecule has 0 aliphatic carbocycles. The quantitative estimate of drug-likeness (QED) is 0.497. The van der Waals surface area contributed by atoms with E-state index in [4.69, 9.17) is 0 Å². The zero-order valence-corrected chi connectivity index (χ0v) is 16.1. The Labute approximate surface area is 161 Å². The lowest BCUT2D eigenvalue weighted by molar-refractivity contribution is 0.0600. The van der Waals surface area contributed by atoms with E-state index in [0.29, 0.717) is 22.5 Å². The number of carbonyl (C=O) groups is 2. The van der Waals surface area contributed by atoms with E-state index in [2.05, 4.69) is 41.4 Å². The summed E-state index contributed by atoms with van der Waals surface area (Å²) >= 11 is 1.48. The lowest BCUT2D eigenvalue weighted by atomic mass is 10.1. The van der Waals surface area contributed by atoms with Crippen LogP contribution >= 0.6 is 11.3 Å². The van der Waals surface area contributed by atoms with Gasteiger partial charge in [0.1, 0.15) is 0 Å². The number of thiazole rings is 1. The van der Waals surface area contributed by atoms with Crippen molar-refractivity contribution >= 4 is 33.4 Å². The maximum absolute atomic E-state index is 12.6. The molecule has 2 aromatic carbocycles. The summed E-state index contributed by atoms with van der Waals surface area (Å²) in [7, 11) is 1.32. The van der Waals surface area contributed by atoms with Gasteiger partial charge >= 0.3 is 5.97 Å². The van der Waals surface area contributed by atoms with Crippen LogP contribution in [0.25, 0.3) is 10.2 Å². The Morgan fingerprint density at radius 1 is 1.19 bits per heavy atom. The Morgan fingerprint density at radius 2 is 1.89 bits per heavy atom. The van der Waals surface area contributed by atoms with E-state index in [-0.39, 0.29) is 5.91 Å². The van der Waals surface area contributed by atoms with E-state index >= 15 is 0 Å². The Morgan fingerprint density at radius 3 is 2.52 bits per heavy atom. The molecule has 0 saturated carbocycles. The average Bonchev–Trinajstić information content (AvgIpc) is 3.03. The van der Waals surface area contributed by atoms with E-state index in [1.54, 1.807) is 30.3 Å². The lowest BCUT2D eigenvalue weighted by Gasteiger charge is -2.02. The van der Waals surface area contributed by atoms with Crippen molar-refractivity contribution < 1.29 is 14.3 Å². The highest BCUT2D eigenvalue weighted by Gasteiger charge is 2.11.